The summed E-state index contributed by atoms with van der Waals surface area (Å²) in [7, 11) is 0. The summed E-state index contributed by atoms with van der Waals surface area (Å²) in [5.41, 5.74) is 2.88. The van der Waals surface area contributed by atoms with Crippen LogP contribution < -0.4 is 5.32 Å². The molecule has 1 amide bonds. The number of anilines is 1. The smallest absolute Gasteiger partial charge is 0.241 e. The molecule has 2 aromatic rings. The van der Waals surface area contributed by atoms with Crippen molar-refractivity contribution in [3.63, 3.8) is 0 Å². The third kappa shape index (κ3) is 4.21. The molecule has 1 aromatic heterocycles. The van der Waals surface area contributed by atoms with Gasteiger partial charge >= 0.3 is 0 Å². The van der Waals surface area contributed by atoms with Gasteiger partial charge in [0.2, 0.25) is 5.91 Å². The van der Waals surface area contributed by atoms with Gasteiger partial charge in [0.25, 0.3) is 0 Å². The fourth-order valence-electron chi connectivity index (χ4n) is 3.65. The lowest BCUT2D eigenvalue weighted by molar-refractivity contribution is -0.131. The zero-order valence-corrected chi connectivity index (χ0v) is 16.1. The molecule has 1 N–H and O–H groups in total. The summed E-state index contributed by atoms with van der Waals surface area (Å²) in [5, 5.41) is 3.25. The molecule has 0 radical (unpaired) electrons. The topological polar surface area (TPSA) is 58.1 Å². The van der Waals surface area contributed by atoms with E-state index in [2.05, 4.69) is 29.1 Å². The van der Waals surface area contributed by atoms with Crippen molar-refractivity contribution in [2.45, 2.75) is 34.1 Å². The standard InChI is InChI=1S/C21H28N4O/c1-14-10-15(2)13-25(12-14)19(26)11-22-20-16(3)17(4)23-21(24-20)18-8-6-5-7-9-18/h5-9,14-15H,10-13H2,1-4H3,(H,22,23,24). The van der Waals surface area contributed by atoms with Crippen molar-refractivity contribution in [2.24, 2.45) is 11.8 Å². The van der Waals surface area contributed by atoms with E-state index in [4.69, 9.17) is 0 Å². The van der Waals surface area contributed by atoms with Crippen LogP contribution in [-0.4, -0.2) is 40.4 Å². The van der Waals surface area contributed by atoms with Crippen LogP contribution in [0.3, 0.4) is 0 Å². The quantitative estimate of drug-likeness (QED) is 0.912. The number of likely N-dealkylation sites (tertiary alicyclic amines) is 1. The number of hydrogen-bond donors (Lipinski definition) is 1. The summed E-state index contributed by atoms with van der Waals surface area (Å²) < 4.78 is 0. The molecule has 26 heavy (non-hydrogen) atoms. The second-order valence-electron chi connectivity index (χ2n) is 7.57. The van der Waals surface area contributed by atoms with Crippen LogP contribution in [0.1, 0.15) is 31.5 Å². The maximum atomic E-state index is 12.6. The first-order valence-electron chi connectivity index (χ1n) is 9.36. The van der Waals surface area contributed by atoms with Crippen molar-refractivity contribution in [1.29, 1.82) is 0 Å². The van der Waals surface area contributed by atoms with Gasteiger partial charge in [-0.2, -0.15) is 0 Å². The Bertz CT molecular complexity index is 765. The molecular weight excluding hydrogens is 324 g/mol. The third-order valence-corrected chi connectivity index (χ3v) is 5.05. The fraction of sp³-hybridized carbons (Fsp3) is 0.476. The summed E-state index contributed by atoms with van der Waals surface area (Å²) in [6.45, 7) is 10.4. The molecule has 5 nitrogen and oxygen atoms in total. The van der Waals surface area contributed by atoms with Crippen molar-refractivity contribution in [2.75, 3.05) is 25.0 Å². The lowest BCUT2D eigenvalue weighted by Crippen LogP contribution is -2.45. The lowest BCUT2D eigenvalue weighted by Gasteiger charge is -2.35. The van der Waals surface area contributed by atoms with E-state index in [1.165, 1.54) is 6.42 Å². The maximum Gasteiger partial charge on any atom is 0.241 e. The van der Waals surface area contributed by atoms with E-state index in [0.29, 0.717) is 17.7 Å². The molecule has 5 heteroatoms. The number of carbonyl (C=O) groups is 1. The molecule has 3 rings (SSSR count). The zero-order valence-electron chi connectivity index (χ0n) is 16.1. The predicted molar refractivity (Wildman–Crippen MR) is 105 cm³/mol. The number of amides is 1. The van der Waals surface area contributed by atoms with Crippen LogP contribution in [0.5, 0.6) is 0 Å². The summed E-state index contributed by atoms with van der Waals surface area (Å²) >= 11 is 0. The first-order chi connectivity index (χ1) is 12.4. The average molecular weight is 352 g/mol. The van der Waals surface area contributed by atoms with E-state index in [0.717, 1.165) is 35.7 Å². The minimum atomic E-state index is 0.139. The van der Waals surface area contributed by atoms with Gasteiger partial charge in [-0.15, -0.1) is 0 Å². The molecule has 138 valence electrons. The van der Waals surface area contributed by atoms with Crippen LogP contribution in [0, 0.1) is 25.7 Å². The summed E-state index contributed by atoms with van der Waals surface area (Å²) in [6, 6.07) is 9.92. The van der Waals surface area contributed by atoms with E-state index in [1.54, 1.807) is 0 Å². The molecule has 2 unspecified atom stereocenters. The molecule has 1 aliphatic heterocycles. The van der Waals surface area contributed by atoms with Crippen LogP contribution in [-0.2, 0) is 4.79 Å². The molecule has 0 spiro atoms. The molecule has 0 bridgehead atoms. The van der Waals surface area contributed by atoms with Crippen LogP contribution in [0.2, 0.25) is 0 Å². The van der Waals surface area contributed by atoms with Crippen molar-refractivity contribution in [3.8, 4) is 11.4 Å². The van der Waals surface area contributed by atoms with E-state index in [-0.39, 0.29) is 12.5 Å². The summed E-state index contributed by atoms with van der Waals surface area (Å²) in [6.07, 6.45) is 1.20. The number of aromatic nitrogens is 2. The first kappa shape index (κ1) is 18.4. The molecule has 1 aliphatic rings. The Labute approximate surface area is 155 Å². The van der Waals surface area contributed by atoms with Gasteiger partial charge in [0.05, 0.1) is 6.54 Å². The van der Waals surface area contributed by atoms with E-state index < -0.39 is 0 Å². The van der Waals surface area contributed by atoms with Gasteiger partial charge in [-0.05, 0) is 32.1 Å². The highest BCUT2D eigenvalue weighted by Crippen LogP contribution is 2.23. The maximum absolute atomic E-state index is 12.6. The van der Waals surface area contributed by atoms with Crippen LogP contribution >= 0.6 is 0 Å². The molecule has 1 aromatic carbocycles. The minimum absolute atomic E-state index is 0.139. The van der Waals surface area contributed by atoms with E-state index in [1.807, 2.05) is 49.1 Å². The fourth-order valence-corrected chi connectivity index (χ4v) is 3.65. The molecule has 1 saturated heterocycles. The van der Waals surface area contributed by atoms with Crippen LogP contribution in [0.4, 0.5) is 5.82 Å². The highest BCUT2D eigenvalue weighted by atomic mass is 16.2. The molecule has 0 saturated carbocycles. The Morgan fingerprint density at radius 1 is 1.12 bits per heavy atom. The lowest BCUT2D eigenvalue weighted by atomic mass is 9.92. The normalized spacial score (nSPS) is 20.1. The SMILES string of the molecule is Cc1nc(-c2ccccc2)nc(NCC(=O)N2CC(C)CC(C)C2)c1C. The molecule has 0 aliphatic carbocycles. The van der Waals surface area contributed by atoms with Crippen LogP contribution in [0.15, 0.2) is 30.3 Å². The number of rotatable bonds is 4. The second kappa shape index (κ2) is 7.85. The number of nitrogens with one attached hydrogen (secondary N) is 1. The third-order valence-electron chi connectivity index (χ3n) is 5.05. The van der Waals surface area contributed by atoms with Crippen molar-refractivity contribution < 1.29 is 4.79 Å². The van der Waals surface area contributed by atoms with Gasteiger partial charge in [-0.25, -0.2) is 9.97 Å². The van der Waals surface area contributed by atoms with E-state index >= 15 is 0 Å². The van der Waals surface area contributed by atoms with Crippen molar-refractivity contribution >= 4 is 11.7 Å². The molecular formula is C21H28N4O. The Morgan fingerprint density at radius 3 is 2.42 bits per heavy atom. The highest BCUT2D eigenvalue weighted by molar-refractivity contribution is 5.81. The number of aryl methyl sites for hydroxylation is 1. The van der Waals surface area contributed by atoms with Crippen molar-refractivity contribution in [1.82, 2.24) is 14.9 Å². The van der Waals surface area contributed by atoms with Crippen LogP contribution in [0.25, 0.3) is 11.4 Å². The zero-order chi connectivity index (χ0) is 18.7. The number of benzene rings is 1. The highest BCUT2D eigenvalue weighted by Gasteiger charge is 2.25. The van der Waals surface area contributed by atoms with Gasteiger partial charge in [0, 0.05) is 29.9 Å². The Hall–Kier alpha value is -2.43. The molecule has 1 fully saturated rings. The Balaban J connectivity index is 1.73. The monoisotopic (exact) mass is 352 g/mol. The first-order valence-corrected chi connectivity index (χ1v) is 9.36. The minimum Gasteiger partial charge on any atom is -0.361 e. The summed E-state index contributed by atoms with van der Waals surface area (Å²) in [4.78, 5) is 23.9. The molecule has 2 heterocycles. The second-order valence-corrected chi connectivity index (χ2v) is 7.57. The number of piperidine rings is 1. The van der Waals surface area contributed by atoms with Gasteiger partial charge in [0.15, 0.2) is 5.82 Å². The Morgan fingerprint density at radius 2 is 1.77 bits per heavy atom. The number of hydrogen-bond acceptors (Lipinski definition) is 4. The number of nitrogens with zero attached hydrogens (tertiary/aromatic N) is 3. The van der Waals surface area contributed by atoms with Gasteiger partial charge in [-0.1, -0.05) is 44.2 Å². The molecule has 2 atom stereocenters. The predicted octanol–water partition coefficient (Wildman–Crippen LogP) is 3.68. The average Bonchev–Trinajstić information content (AvgIpc) is 2.62. The van der Waals surface area contributed by atoms with Crippen molar-refractivity contribution in [3.05, 3.63) is 41.6 Å². The summed E-state index contributed by atoms with van der Waals surface area (Å²) in [5.74, 6) is 2.69. The van der Waals surface area contributed by atoms with E-state index in [9.17, 15) is 4.79 Å². The van der Waals surface area contributed by atoms with Gasteiger partial charge in [0.1, 0.15) is 5.82 Å². The largest absolute Gasteiger partial charge is 0.361 e. The van der Waals surface area contributed by atoms with Gasteiger partial charge in [-0.3, -0.25) is 4.79 Å². The van der Waals surface area contributed by atoms with Gasteiger partial charge < -0.3 is 10.2 Å². The number of carbonyl (C=O) groups excluding carboxylic acids is 1. The Kier molecular flexibility index (Phi) is 5.55.